The van der Waals surface area contributed by atoms with E-state index in [1.54, 1.807) is 0 Å². The molecule has 0 aliphatic carbocycles. The number of aliphatic hydroxyl groups excluding tert-OH is 1. The first-order valence-corrected chi connectivity index (χ1v) is 6.82. The summed E-state index contributed by atoms with van der Waals surface area (Å²) >= 11 is 1.90. The van der Waals surface area contributed by atoms with Crippen molar-refractivity contribution in [3.8, 4) is 0 Å². The summed E-state index contributed by atoms with van der Waals surface area (Å²) in [5.74, 6) is 1.24. The van der Waals surface area contributed by atoms with Gasteiger partial charge in [0.25, 0.3) is 0 Å². The zero-order valence-electron chi connectivity index (χ0n) is 9.81. The zero-order chi connectivity index (χ0) is 10.9. The van der Waals surface area contributed by atoms with E-state index in [9.17, 15) is 0 Å². The quantitative estimate of drug-likeness (QED) is 0.583. The average molecular weight is 219 g/mol. The molecule has 0 aromatic heterocycles. The Bertz CT molecular complexity index is 128. The van der Waals surface area contributed by atoms with Gasteiger partial charge in [0, 0.05) is 13.2 Å². The molecular weight excluding hydrogens is 194 g/mol. The first kappa shape index (κ1) is 14.3. The van der Waals surface area contributed by atoms with E-state index in [2.05, 4.69) is 25.4 Å². The second-order valence-corrected chi connectivity index (χ2v) is 5.50. The maximum atomic E-state index is 8.75. The molecule has 0 spiro atoms. The van der Waals surface area contributed by atoms with Crippen LogP contribution in [-0.4, -0.2) is 36.8 Å². The summed E-state index contributed by atoms with van der Waals surface area (Å²) in [6, 6.07) is 0. The normalized spacial score (nSPS) is 12.0. The lowest BCUT2D eigenvalue weighted by Gasteiger charge is -2.24. The molecule has 0 bridgehead atoms. The molecule has 0 heterocycles. The van der Waals surface area contributed by atoms with E-state index in [-0.39, 0.29) is 0 Å². The Morgan fingerprint density at radius 2 is 2.00 bits per heavy atom. The van der Waals surface area contributed by atoms with Gasteiger partial charge < -0.3 is 10.4 Å². The van der Waals surface area contributed by atoms with Crippen LogP contribution in [0.4, 0.5) is 0 Å². The molecule has 0 amide bonds. The molecule has 0 aliphatic rings. The van der Waals surface area contributed by atoms with Crippen molar-refractivity contribution in [3.05, 3.63) is 0 Å². The monoisotopic (exact) mass is 219 g/mol. The third-order valence-corrected chi connectivity index (χ3v) is 3.01. The SMILES string of the molecule is CSCCCNCC(C)(C)CCCO. The first-order chi connectivity index (χ1) is 6.62. The fraction of sp³-hybridized carbons (Fsp3) is 1.00. The molecule has 0 atom stereocenters. The summed E-state index contributed by atoms with van der Waals surface area (Å²) in [6.45, 7) is 7.00. The fourth-order valence-electron chi connectivity index (χ4n) is 1.41. The molecule has 0 fully saturated rings. The van der Waals surface area contributed by atoms with Crippen molar-refractivity contribution in [1.29, 1.82) is 0 Å². The second kappa shape index (κ2) is 8.57. The largest absolute Gasteiger partial charge is 0.396 e. The lowest BCUT2D eigenvalue weighted by molar-refractivity contribution is 0.237. The van der Waals surface area contributed by atoms with Gasteiger partial charge in [-0.05, 0) is 43.2 Å². The van der Waals surface area contributed by atoms with Gasteiger partial charge in [-0.2, -0.15) is 11.8 Å². The molecule has 0 aromatic rings. The molecule has 2 nitrogen and oxygen atoms in total. The highest BCUT2D eigenvalue weighted by Gasteiger charge is 2.15. The molecule has 2 N–H and O–H groups in total. The fourth-order valence-corrected chi connectivity index (χ4v) is 1.85. The van der Waals surface area contributed by atoms with Crippen LogP contribution in [0.1, 0.15) is 33.1 Å². The first-order valence-electron chi connectivity index (χ1n) is 5.43. The highest BCUT2D eigenvalue weighted by atomic mass is 32.2. The van der Waals surface area contributed by atoms with Crippen LogP contribution >= 0.6 is 11.8 Å². The predicted octanol–water partition coefficient (Wildman–Crippen LogP) is 2.13. The number of nitrogens with one attached hydrogen (secondary N) is 1. The highest BCUT2D eigenvalue weighted by molar-refractivity contribution is 7.98. The number of rotatable bonds is 9. The Kier molecular flexibility index (Phi) is 8.73. The molecule has 0 radical (unpaired) electrons. The minimum Gasteiger partial charge on any atom is -0.396 e. The van der Waals surface area contributed by atoms with Gasteiger partial charge in [0.2, 0.25) is 0 Å². The molecule has 0 saturated carbocycles. The topological polar surface area (TPSA) is 32.3 Å². The van der Waals surface area contributed by atoms with Gasteiger partial charge in [0.15, 0.2) is 0 Å². The number of thioether (sulfide) groups is 1. The smallest absolute Gasteiger partial charge is 0.0431 e. The minimum atomic E-state index is 0.315. The van der Waals surface area contributed by atoms with E-state index < -0.39 is 0 Å². The van der Waals surface area contributed by atoms with Crippen LogP contribution in [0.2, 0.25) is 0 Å². The van der Waals surface area contributed by atoms with E-state index in [1.165, 1.54) is 12.2 Å². The second-order valence-electron chi connectivity index (χ2n) is 4.51. The van der Waals surface area contributed by atoms with Crippen LogP contribution in [0.25, 0.3) is 0 Å². The predicted molar refractivity (Wildman–Crippen MR) is 66.0 cm³/mol. The van der Waals surface area contributed by atoms with Gasteiger partial charge in [0.05, 0.1) is 0 Å². The molecule has 0 rings (SSSR count). The van der Waals surface area contributed by atoms with Crippen LogP contribution in [-0.2, 0) is 0 Å². The third-order valence-electron chi connectivity index (χ3n) is 2.32. The highest BCUT2D eigenvalue weighted by Crippen LogP contribution is 2.20. The minimum absolute atomic E-state index is 0.315. The van der Waals surface area contributed by atoms with Gasteiger partial charge in [-0.15, -0.1) is 0 Å². The Labute approximate surface area is 92.9 Å². The standard InChI is InChI=1S/C11H25NOS/c1-11(2,6-4-8-13)10-12-7-5-9-14-3/h12-13H,4-10H2,1-3H3. The van der Waals surface area contributed by atoms with E-state index in [4.69, 9.17) is 5.11 Å². The van der Waals surface area contributed by atoms with Crippen molar-refractivity contribution in [3.63, 3.8) is 0 Å². The van der Waals surface area contributed by atoms with E-state index in [1.807, 2.05) is 11.8 Å². The third kappa shape index (κ3) is 8.85. The van der Waals surface area contributed by atoms with Crippen molar-refractivity contribution in [2.24, 2.45) is 5.41 Å². The number of hydrogen-bond acceptors (Lipinski definition) is 3. The Morgan fingerprint density at radius 1 is 1.29 bits per heavy atom. The van der Waals surface area contributed by atoms with Crippen molar-refractivity contribution in [2.75, 3.05) is 31.7 Å². The van der Waals surface area contributed by atoms with E-state index in [0.29, 0.717) is 12.0 Å². The summed E-state index contributed by atoms with van der Waals surface area (Å²) in [7, 11) is 0. The molecule has 0 aromatic carbocycles. The molecule has 3 heteroatoms. The molecule has 86 valence electrons. The van der Waals surface area contributed by atoms with Gasteiger partial charge in [0.1, 0.15) is 0 Å². The Morgan fingerprint density at radius 3 is 2.57 bits per heavy atom. The maximum Gasteiger partial charge on any atom is 0.0431 e. The summed E-state index contributed by atoms with van der Waals surface area (Å²) < 4.78 is 0. The van der Waals surface area contributed by atoms with Gasteiger partial charge in [-0.25, -0.2) is 0 Å². The van der Waals surface area contributed by atoms with Crippen LogP contribution in [0.15, 0.2) is 0 Å². The average Bonchev–Trinajstić information content (AvgIpc) is 2.15. The molecule has 14 heavy (non-hydrogen) atoms. The Hall–Kier alpha value is 0.270. The van der Waals surface area contributed by atoms with Gasteiger partial charge in [-0.1, -0.05) is 13.8 Å². The van der Waals surface area contributed by atoms with E-state index in [0.717, 1.165) is 25.9 Å². The number of aliphatic hydroxyl groups is 1. The van der Waals surface area contributed by atoms with E-state index >= 15 is 0 Å². The zero-order valence-corrected chi connectivity index (χ0v) is 10.6. The van der Waals surface area contributed by atoms with Crippen LogP contribution in [0.3, 0.4) is 0 Å². The number of hydrogen-bond donors (Lipinski definition) is 2. The van der Waals surface area contributed by atoms with Gasteiger partial charge in [-0.3, -0.25) is 0 Å². The molecule has 0 aliphatic heterocycles. The van der Waals surface area contributed by atoms with Crippen LogP contribution < -0.4 is 5.32 Å². The summed E-state index contributed by atoms with van der Waals surface area (Å²) in [5.41, 5.74) is 0.322. The van der Waals surface area contributed by atoms with Gasteiger partial charge >= 0.3 is 0 Å². The van der Waals surface area contributed by atoms with Crippen molar-refractivity contribution >= 4 is 11.8 Å². The van der Waals surface area contributed by atoms with Crippen LogP contribution in [0, 0.1) is 5.41 Å². The van der Waals surface area contributed by atoms with Crippen molar-refractivity contribution < 1.29 is 5.11 Å². The van der Waals surface area contributed by atoms with Crippen molar-refractivity contribution in [2.45, 2.75) is 33.1 Å². The summed E-state index contributed by atoms with van der Waals surface area (Å²) in [5, 5.41) is 12.2. The summed E-state index contributed by atoms with van der Waals surface area (Å²) in [4.78, 5) is 0. The maximum absolute atomic E-state index is 8.75. The lowest BCUT2D eigenvalue weighted by Crippen LogP contribution is -2.30. The summed E-state index contributed by atoms with van der Waals surface area (Å²) in [6.07, 6.45) is 5.40. The lowest BCUT2D eigenvalue weighted by atomic mass is 9.88. The van der Waals surface area contributed by atoms with Crippen LogP contribution in [0.5, 0.6) is 0 Å². The molecule has 0 saturated heterocycles. The van der Waals surface area contributed by atoms with Crippen molar-refractivity contribution in [1.82, 2.24) is 5.32 Å². The molecule has 0 unspecified atom stereocenters. The Balaban J connectivity index is 3.35. The molecular formula is C11H25NOS.